The van der Waals surface area contributed by atoms with Crippen LogP contribution in [0.5, 0.6) is 0 Å². The molecule has 5 heteroatoms. The Morgan fingerprint density at radius 1 is 1.25 bits per heavy atom. The standard InChI is InChI=1S/C19H27N3OS/c1-12-10-15(24-19(4,5)6)8-9-17(12)20-18(23)11-16-13(2)21-22(7)14(16)3/h8-10H,11H2,1-7H3,(H,20,23). The molecule has 0 saturated heterocycles. The molecular weight excluding hydrogens is 318 g/mol. The Morgan fingerprint density at radius 2 is 1.92 bits per heavy atom. The summed E-state index contributed by atoms with van der Waals surface area (Å²) in [6, 6.07) is 6.19. The quantitative estimate of drug-likeness (QED) is 0.835. The molecule has 0 spiro atoms. The molecule has 2 aromatic rings. The molecular formula is C19H27N3OS. The van der Waals surface area contributed by atoms with Crippen molar-refractivity contribution in [1.29, 1.82) is 0 Å². The summed E-state index contributed by atoms with van der Waals surface area (Å²) in [4.78, 5) is 13.6. The van der Waals surface area contributed by atoms with Crippen LogP contribution in [0.25, 0.3) is 0 Å². The number of hydrogen-bond acceptors (Lipinski definition) is 3. The second-order valence-electron chi connectivity index (χ2n) is 7.19. The highest BCUT2D eigenvalue weighted by molar-refractivity contribution is 8.00. The van der Waals surface area contributed by atoms with E-state index >= 15 is 0 Å². The maximum atomic E-state index is 12.4. The van der Waals surface area contributed by atoms with Gasteiger partial charge >= 0.3 is 0 Å². The van der Waals surface area contributed by atoms with Crippen LogP contribution >= 0.6 is 11.8 Å². The van der Waals surface area contributed by atoms with Crippen molar-refractivity contribution >= 4 is 23.4 Å². The predicted octanol–water partition coefficient (Wildman–Crippen LogP) is 4.42. The van der Waals surface area contributed by atoms with Gasteiger partial charge in [-0.3, -0.25) is 9.48 Å². The van der Waals surface area contributed by atoms with Gasteiger partial charge in [-0.2, -0.15) is 5.10 Å². The summed E-state index contributed by atoms with van der Waals surface area (Å²) in [6.45, 7) is 12.6. The molecule has 1 aromatic carbocycles. The monoisotopic (exact) mass is 345 g/mol. The average Bonchev–Trinajstić information content (AvgIpc) is 2.67. The van der Waals surface area contributed by atoms with E-state index < -0.39 is 0 Å². The van der Waals surface area contributed by atoms with E-state index in [0.29, 0.717) is 6.42 Å². The van der Waals surface area contributed by atoms with E-state index in [9.17, 15) is 4.79 Å². The van der Waals surface area contributed by atoms with Crippen molar-refractivity contribution in [3.63, 3.8) is 0 Å². The number of hydrogen-bond donors (Lipinski definition) is 1. The van der Waals surface area contributed by atoms with Crippen LogP contribution in [0, 0.1) is 20.8 Å². The van der Waals surface area contributed by atoms with Crippen molar-refractivity contribution in [2.24, 2.45) is 7.05 Å². The molecule has 1 aromatic heterocycles. The lowest BCUT2D eigenvalue weighted by atomic mass is 10.1. The van der Waals surface area contributed by atoms with Crippen LogP contribution in [0.1, 0.15) is 43.3 Å². The molecule has 1 heterocycles. The first-order chi connectivity index (χ1) is 11.1. The van der Waals surface area contributed by atoms with Crippen molar-refractivity contribution in [2.45, 2.75) is 57.6 Å². The van der Waals surface area contributed by atoms with E-state index in [1.165, 1.54) is 4.90 Å². The third-order valence-electron chi connectivity index (χ3n) is 3.89. The fraction of sp³-hybridized carbons (Fsp3) is 0.474. The van der Waals surface area contributed by atoms with Crippen LogP contribution in [-0.2, 0) is 18.3 Å². The largest absolute Gasteiger partial charge is 0.326 e. The summed E-state index contributed by atoms with van der Waals surface area (Å²) < 4.78 is 1.99. The Bertz CT molecular complexity index is 757. The first-order valence-corrected chi connectivity index (χ1v) is 8.97. The van der Waals surface area contributed by atoms with Crippen molar-refractivity contribution in [2.75, 3.05) is 5.32 Å². The predicted molar refractivity (Wildman–Crippen MR) is 102 cm³/mol. The smallest absolute Gasteiger partial charge is 0.228 e. The van der Waals surface area contributed by atoms with Crippen molar-refractivity contribution < 1.29 is 4.79 Å². The number of carbonyl (C=O) groups is 1. The number of rotatable bonds is 4. The van der Waals surface area contributed by atoms with E-state index in [2.05, 4.69) is 43.3 Å². The second-order valence-corrected chi connectivity index (χ2v) is 9.09. The number of nitrogens with one attached hydrogen (secondary N) is 1. The number of aromatic nitrogens is 2. The normalized spacial score (nSPS) is 11.6. The van der Waals surface area contributed by atoms with Gasteiger partial charge in [0, 0.05) is 33.6 Å². The van der Waals surface area contributed by atoms with E-state index in [-0.39, 0.29) is 10.7 Å². The summed E-state index contributed by atoms with van der Waals surface area (Å²) in [7, 11) is 1.90. The van der Waals surface area contributed by atoms with Crippen molar-refractivity contribution in [3.8, 4) is 0 Å². The molecule has 0 aliphatic carbocycles. The van der Waals surface area contributed by atoms with Crippen LogP contribution in [-0.4, -0.2) is 20.4 Å². The molecule has 4 nitrogen and oxygen atoms in total. The van der Waals surface area contributed by atoms with Crippen LogP contribution < -0.4 is 5.32 Å². The van der Waals surface area contributed by atoms with Gasteiger partial charge in [-0.15, -0.1) is 11.8 Å². The molecule has 130 valence electrons. The number of nitrogens with zero attached hydrogens (tertiary/aromatic N) is 2. The number of anilines is 1. The van der Waals surface area contributed by atoms with Crippen LogP contribution in [0.2, 0.25) is 0 Å². The Kier molecular flexibility index (Phi) is 5.43. The van der Waals surface area contributed by atoms with Crippen LogP contribution in [0.15, 0.2) is 23.1 Å². The summed E-state index contributed by atoms with van der Waals surface area (Å²) in [5.41, 5.74) is 4.91. The zero-order valence-electron chi connectivity index (χ0n) is 15.7. The molecule has 1 amide bonds. The molecule has 0 unspecified atom stereocenters. The Hall–Kier alpha value is -1.75. The maximum Gasteiger partial charge on any atom is 0.228 e. The highest BCUT2D eigenvalue weighted by Crippen LogP contribution is 2.33. The van der Waals surface area contributed by atoms with Gasteiger partial charge in [-0.1, -0.05) is 20.8 Å². The molecule has 1 N–H and O–H groups in total. The fourth-order valence-electron chi connectivity index (χ4n) is 2.62. The van der Waals surface area contributed by atoms with E-state index in [4.69, 9.17) is 0 Å². The van der Waals surface area contributed by atoms with Gasteiger partial charge in [-0.25, -0.2) is 0 Å². The number of carbonyl (C=O) groups excluding carboxylic acids is 1. The number of amides is 1. The molecule has 0 saturated carbocycles. The molecule has 0 radical (unpaired) electrons. The molecule has 0 aliphatic rings. The minimum Gasteiger partial charge on any atom is -0.326 e. The summed E-state index contributed by atoms with van der Waals surface area (Å²) in [5, 5.41) is 7.40. The van der Waals surface area contributed by atoms with Gasteiger partial charge in [0.15, 0.2) is 0 Å². The topological polar surface area (TPSA) is 46.9 Å². The van der Waals surface area contributed by atoms with Gasteiger partial charge in [0.25, 0.3) is 0 Å². The van der Waals surface area contributed by atoms with E-state index in [1.807, 2.05) is 50.3 Å². The van der Waals surface area contributed by atoms with Gasteiger partial charge in [0.05, 0.1) is 12.1 Å². The third-order valence-corrected chi connectivity index (χ3v) is 4.99. The molecule has 0 atom stereocenters. The number of aryl methyl sites for hydroxylation is 3. The SMILES string of the molecule is Cc1cc(SC(C)(C)C)ccc1NC(=O)Cc1c(C)nn(C)c1C. The lowest BCUT2D eigenvalue weighted by Gasteiger charge is -2.18. The van der Waals surface area contributed by atoms with E-state index in [1.54, 1.807) is 0 Å². The van der Waals surface area contributed by atoms with Gasteiger partial charge < -0.3 is 5.32 Å². The Labute approximate surface area is 149 Å². The van der Waals surface area contributed by atoms with Crippen LogP contribution in [0.4, 0.5) is 5.69 Å². The zero-order valence-corrected chi connectivity index (χ0v) is 16.5. The van der Waals surface area contributed by atoms with E-state index in [0.717, 1.165) is 28.2 Å². The molecule has 24 heavy (non-hydrogen) atoms. The number of benzene rings is 1. The van der Waals surface area contributed by atoms with Gasteiger partial charge in [0.2, 0.25) is 5.91 Å². The lowest BCUT2D eigenvalue weighted by molar-refractivity contribution is -0.115. The second kappa shape index (κ2) is 7.01. The molecule has 0 bridgehead atoms. The summed E-state index contributed by atoms with van der Waals surface area (Å²) >= 11 is 1.83. The van der Waals surface area contributed by atoms with Crippen molar-refractivity contribution in [1.82, 2.24) is 9.78 Å². The van der Waals surface area contributed by atoms with Crippen molar-refractivity contribution in [3.05, 3.63) is 40.7 Å². The highest BCUT2D eigenvalue weighted by Gasteiger charge is 2.15. The molecule has 2 rings (SSSR count). The minimum absolute atomic E-state index is 0.00600. The number of thioether (sulfide) groups is 1. The maximum absolute atomic E-state index is 12.4. The Balaban J connectivity index is 2.09. The molecule has 0 fully saturated rings. The lowest BCUT2D eigenvalue weighted by Crippen LogP contribution is -2.16. The zero-order chi connectivity index (χ0) is 18.1. The summed E-state index contributed by atoms with van der Waals surface area (Å²) in [5.74, 6) is -0.00600. The third kappa shape index (κ3) is 4.63. The minimum atomic E-state index is -0.00600. The molecule has 0 aliphatic heterocycles. The summed E-state index contributed by atoms with van der Waals surface area (Å²) in [6.07, 6.45) is 0.351. The Morgan fingerprint density at radius 3 is 2.42 bits per heavy atom. The average molecular weight is 346 g/mol. The van der Waals surface area contributed by atoms with Gasteiger partial charge in [-0.05, 0) is 44.5 Å². The fourth-order valence-corrected chi connectivity index (χ4v) is 3.70. The highest BCUT2D eigenvalue weighted by atomic mass is 32.2. The van der Waals surface area contributed by atoms with Crippen LogP contribution in [0.3, 0.4) is 0 Å². The van der Waals surface area contributed by atoms with Gasteiger partial charge in [0.1, 0.15) is 0 Å². The first-order valence-electron chi connectivity index (χ1n) is 8.15. The first kappa shape index (κ1) is 18.6.